The number of rotatable bonds is 4. The standard InChI is InChI=1S/C15H19NO5/c17-11-6-7-12(14(18)19)13(8-11)16-15(20)21-9-10-4-2-1-3-5-10/h1-5,11-13,17H,6-9H2,(H,16,20)(H,18,19). The Kier molecular flexibility index (Phi) is 5.16. The minimum atomic E-state index is -0.963. The highest BCUT2D eigenvalue weighted by Crippen LogP contribution is 2.25. The normalized spacial score (nSPS) is 25.1. The van der Waals surface area contributed by atoms with E-state index in [9.17, 15) is 14.7 Å². The molecule has 0 radical (unpaired) electrons. The average molecular weight is 293 g/mol. The van der Waals surface area contributed by atoms with Gasteiger partial charge in [-0.15, -0.1) is 0 Å². The largest absolute Gasteiger partial charge is 0.481 e. The van der Waals surface area contributed by atoms with Gasteiger partial charge < -0.3 is 20.3 Å². The molecule has 1 aromatic rings. The summed E-state index contributed by atoms with van der Waals surface area (Å²) in [6, 6.07) is 8.61. The van der Waals surface area contributed by atoms with E-state index in [0.717, 1.165) is 5.56 Å². The highest BCUT2D eigenvalue weighted by Gasteiger charge is 2.35. The Bertz CT molecular complexity index is 490. The van der Waals surface area contributed by atoms with Crippen LogP contribution < -0.4 is 5.32 Å². The van der Waals surface area contributed by atoms with E-state index in [2.05, 4.69) is 5.32 Å². The van der Waals surface area contributed by atoms with Crippen LogP contribution >= 0.6 is 0 Å². The lowest BCUT2D eigenvalue weighted by Crippen LogP contribution is -2.48. The maximum Gasteiger partial charge on any atom is 0.407 e. The summed E-state index contributed by atoms with van der Waals surface area (Å²) in [7, 11) is 0. The summed E-state index contributed by atoms with van der Waals surface area (Å²) in [4.78, 5) is 22.9. The van der Waals surface area contributed by atoms with Gasteiger partial charge in [0, 0.05) is 6.04 Å². The van der Waals surface area contributed by atoms with Gasteiger partial charge in [0.2, 0.25) is 0 Å². The van der Waals surface area contributed by atoms with Crippen molar-refractivity contribution in [3.8, 4) is 0 Å². The van der Waals surface area contributed by atoms with E-state index >= 15 is 0 Å². The third kappa shape index (κ3) is 4.46. The maximum atomic E-state index is 11.8. The lowest BCUT2D eigenvalue weighted by molar-refractivity contribution is -0.144. The van der Waals surface area contributed by atoms with Gasteiger partial charge in [0.25, 0.3) is 0 Å². The van der Waals surface area contributed by atoms with Crippen LogP contribution in [0.1, 0.15) is 24.8 Å². The molecule has 6 heteroatoms. The predicted molar refractivity (Wildman–Crippen MR) is 74.5 cm³/mol. The molecular formula is C15H19NO5. The van der Waals surface area contributed by atoms with E-state index in [1.165, 1.54) is 0 Å². The molecule has 1 aromatic carbocycles. The number of alkyl carbamates (subject to hydrolysis) is 1. The SMILES string of the molecule is O=C(NC1CC(O)CCC1C(=O)O)OCc1ccccc1. The van der Waals surface area contributed by atoms with Gasteiger partial charge in [-0.3, -0.25) is 4.79 Å². The van der Waals surface area contributed by atoms with Crippen molar-refractivity contribution < 1.29 is 24.5 Å². The second-order valence-corrected chi connectivity index (χ2v) is 5.22. The number of ether oxygens (including phenoxy) is 1. The molecule has 2 rings (SSSR count). The summed E-state index contributed by atoms with van der Waals surface area (Å²) in [5.41, 5.74) is 0.853. The first-order chi connectivity index (χ1) is 10.1. The smallest absolute Gasteiger partial charge is 0.407 e. The van der Waals surface area contributed by atoms with Crippen LogP contribution in [0.3, 0.4) is 0 Å². The number of hydrogen-bond donors (Lipinski definition) is 3. The van der Waals surface area contributed by atoms with Crippen molar-refractivity contribution in [2.45, 2.75) is 38.0 Å². The molecule has 0 saturated heterocycles. The summed E-state index contributed by atoms with van der Waals surface area (Å²) in [6.45, 7) is 0.125. The third-order valence-corrected chi connectivity index (χ3v) is 3.66. The van der Waals surface area contributed by atoms with Crippen molar-refractivity contribution in [2.24, 2.45) is 5.92 Å². The van der Waals surface area contributed by atoms with Crippen molar-refractivity contribution in [2.75, 3.05) is 0 Å². The number of aliphatic hydroxyl groups excluding tert-OH is 1. The number of carboxylic acid groups (broad SMARTS) is 1. The van der Waals surface area contributed by atoms with Crippen LogP contribution in [0.2, 0.25) is 0 Å². The fourth-order valence-electron chi connectivity index (χ4n) is 2.52. The number of nitrogens with one attached hydrogen (secondary N) is 1. The molecule has 0 heterocycles. The van der Waals surface area contributed by atoms with Gasteiger partial charge in [-0.25, -0.2) is 4.79 Å². The van der Waals surface area contributed by atoms with Crippen molar-refractivity contribution >= 4 is 12.1 Å². The average Bonchev–Trinajstić information content (AvgIpc) is 2.46. The van der Waals surface area contributed by atoms with Gasteiger partial charge in [-0.1, -0.05) is 30.3 Å². The van der Waals surface area contributed by atoms with Gasteiger partial charge in [0.1, 0.15) is 6.61 Å². The molecule has 21 heavy (non-hydrogen) atoms. The first-order valence-corrected chi connectivity index (χ1v) is 6.94. The Balaban J connectivity index is 1.86. The Hall–Kier alpha value is -2.08. The number of hydrogen-bond acceptors (Lipinski definition) is 4. The molecule has 0 bridgehead atoms. The molecule has 1 aliphatic carbocycles. The van der Waals surface area contributed by atoms with Crippen molar-refractivity contribution in [3.05, 3.63) is 35.9 Å². The third-order valence-electron chi connectivity index (χ3n) is 3.66. The summed E-state index contributed by atoms with van der Waals surface area (Å²) >= 11 is 0. The quantitative estimate of drug-likeness (QED) is 0.782. The Morgan fingerprint density at radius 3 is 2.62 bits per heavy atom. The van der Waals surface area contributed by atoms with Crippen molar-refractivity contribution in [3.63, 3.8) is 0 Å². The van der Waals surface area contributed by atoms with Crippen LogP contribution in [-0.4, -0.2) is 34.4 Å². The minimum Gasteiger partial charge on any atom is -0.481 e. The maximum absolute atomic E-state index is 11.8. The molecule has 3 unspecified atom stereocenters. The number of amides is 1. The van der Waals surface area contributed by atoms with Crippen LogP contribution in [0.5, 0.6) is 0 Å². The zero-order valence-corrected chi connectivity index (χ0v) is 11.6. The molecule has 3 atom stereocenters. The fraction of sp³-hybridized carbons (Fsp3) is 0.467. The molecule has 6 nitrogen and oxygen atoms in total. The van der Waals surface area contributed by atoms with E-state index in [-0.39, 0.29) is 13.0 Å². The molecular weight excluding hydrogens is 274 g/mol. The minimum absolute atomic E-state index is 0.125. The predicted octanol–water partition coefficient (Wildman–Crippen LogP) is 1.53. The molecule has 1 saturated carbocycles. The number of carbonyl (C=O) groups is 2. The zero-order valence-electron chi connectivity index (χ0n) is 11.6. The highest BCUT2D eigenvalue weighted by atomic mass is 16.5. The van der Waals surface area contributed by atoms with Crippen LogP contribution in [0, 0.1) is 5.92 Å². The molecule has 0 spiro atoms. The first kappa shape index (κ1) is 15.3. The number of aliphatic carboxylic acids is 1. The number of aliphatic hydroxyl groups is 1. The summed E-state index contributed by atoms with van der Waals surface area (Å²) in [5.74, 6) is -1.65. The molecule has 0 aromatic heterocycles. The lowest BCUT2D eigenvalue weighted by Gasteiger charge is -2.31. The second kappa shape index (κ2) is 7.08. The van der Waals surface area contributed by atoms with E-state index in [1.54, 1.807) is 0 Å². The van der Waals surface area contributed by atoms with Gasteiger partial charge in [0.15, 0.2) is 0 Å². The van der Waals surface area contributed by atoms with Crippen LogP contribution in [0.15, 0.2) is 30.3 Å². The lowest BCUT2D eigenvalue weighted by atomic mass is 9.83. The summed E-state index contributed by atoms with van der Waals surface area (Å²) < 4.78 is 5.07. The topological polar surface area (TPSA) is 95.9 Å². The molecule has 0 aliphatic heterocycles. The van der Waals surface area contributed by atoms with Crippen molar-refractivity contribution in [1.82, 2.24) is 5.32 Å². The van der Waals surface area contributed by atoms with Gasteiger partial charge in [0.05, 0.1) is 12.0 Å². The Labute approximate surface area is 122 Å². The highest BCUT2D eigenvalue weighted by molar-refractivity contribution is 5.73. The Morgan fingerprint density at radius 1 is 1.24 bits per heavy atom. The van der Waals surface area contributed by atoms with Crippen LogP contribution in [-0.2, 0) is 16.1 Å². The van der Waals surface area contributed by atoms with Gasteiger partial charge in [-0.2, -0.15) is 0 Å². The molecule has 1 fully saturated rings. The molecule has 1 aliphatic rings. The second-order valence-electron chi connectivity index (χ2n) is 5.22. The number of benzene rings is 1. The Morgan fingerprint density at radius 2 is 1.95 bits per heavy atom. The first-order valence-electron chi connectivity index (χ1n) is 6.94. The molecule has 1 amide bonds. The summed E-state index contributed by atoms with van der Waals surface area (Å²) in [6.07, 6.45) is -0.226. The fourth-order valence-corrected chi connectivity index (χ4v) is 2.52. The monoisotopic (exact) mass is 293 g/mol. The van der Waals surface area contributed by atoms with Gasteiger partial charge in [-0.05, 0) is 24.8 Å². The zero-order chi connectivity index (χ0) is 15.2. The number of carbonyl (C=O) groups excluding carboxylic acids is 1. The van der Waals surface area contributed by atoms with E-state index < -0.39 is 30.1 Å². The van der Waals surface area contributed by atoms with E-state index in [1.807, 2.05) is 30.3 Å². The number of carboxylic acids is 1. The van der Waals surface area contributed by atoms with Crippen LogP contribution in [0.4, 0.5) is 4.79 Å². The molecule has 3 N–H and O–H groups in total. The van der Waals surface area contributed by atoms with E-state index in [4.69, 9.17) is 9.84 Å². The van der Waals surface area contributed by atoms with E-state index in [0.29, 0.717) is 12.8 Å². The molecule has 114 valence electrons. The summed E-state index contributed by atoms with van der Waals surface area (Å²) in [5, 5.41) is 21.3. The van der Waals surface area contributed by atoms with Crippen LogP contribution in [0.25, 0.3) is 0 Å². The van der Waals surface area contributed by atoms with Gasteiger partial charge >= 0.3 is 12.1 Å². The van der Waals surface area contributed by atoms with Crippen molar-refractivity contribution in [1.29, 1.82) is 0 Å².